The van der Waals surface area contributed by atoms with Crippen LogP contribution >= 0.6 is 0 Å². The fourth-order valence-electron chi connectivity index (χ4n) is 3.15. The van der Waals surface area contributed by atoms with E-state index in [1.54, 1.807) is 4.90 Å². The van der Waals surface area contributed by atoms with Gasteiger partial charge in [-0.2, -0.15) is 0 Å². The summed E-state index contributed by atoms with van der Waals surface area (Å²) in [5, 5.41) is 0. The quantitative estimate of drug-likeness (QED) is 0.812. The lowest BCUT2D eigenvalue weighted by Gasteiger charge is -2.33. The van der Waals surface area contributed by atoms with E-state index in [-0.39, 0.29) is 17.7 Å². The zero-order valence-corrected chi connectivity index (χ0v) is 12.1. The highest BCUT2D eigenvalue weighted by Crippen LogP contribution is 2.22. The molecule has 3 heterocycles. The van der Waals surface area contributed by atoms with Crippen molar-refractivity contribution in [3.05, 3.63) is 24.3 Å². The van der Waals surface area contributed by atoms with Gasteiger partial charge in [0.1, 0.15) is 6.33 Å². The highest BCUT2D eigenvalue weighted by Gasteiger charge is 2.32. The molecular weight excluding hydrogens is 268 g/mol. The smallest absolute Gasteiger partial charge is 0.257 e. The zero-order chi connectivity index (χ0) is 14.7. The molecule has 0 unspecified atom stereocenters. The average Bonchev–Trinajstić information content (AvgIpc) is 3.09. The second-order valence-electron chi connectivity index (χ2n) is 5.75. The first-order valence-corrected chi connectivity index (χ1v) is 7.59. The number of amides is 2. The number of carbonyl (C=O) groups is 2. The van der Waals surface area contributed by atoms with Crippen LogP contribution in [0.2, 0.25) is 0 Å². The van der Waals surface area contributed by atoms with Crippen LogP contribution in [-0.4, -0.2) is 57.8 Å². The summed E-state index contributed by atoms with van der Waals surface area (Å²) in [5.41, 5.74) is 0.492. The lowest BCUT2D eigenvalue weighted by atomic mass is 9.96. The van der Waals surface area contributed by atoms with Crippen molar-refractivity contribution in [1.29, 1.82) is 0 Å². The second kappa shape index (κ2) is 6.20. The Balaban J connectivity index is 1.65. The van der Waals surface area contributed by atoms with Gasteiger partial charge in [-0.1, -0.05) is 0 Å². The molecule has 6 heteroatoms. The van der Waals surface area contributed by atoms with E-state index >= 15 is 0 Å². The highest BCUT2D eigenvalue weighted by molar-refractivity contribution is 5.94. The van der Waals surface area contributed by atoms with Gasteiger partial charge in [-0.25, -0.2) is 9.97 Å². The SMILES string of the molecule is O=C(c1cncnc1)N1CCC[C@@H](C(=O)N2CCCC2)C1. The molecule has 112 valence electrons. The molecule has 0 radical (unpaired) electrons. The standard InChI is InChI=1S/C15H20N4O2/c20-14(18-5-1-2-6-18)12-4-3-7-19(10-12)15(21)13-8-16-11-17-9-13/h8-9,11-12H,1-7,10H2/t12-/m1/s1. The van der Waals surface area contributed by atoms with Crippen LogP contribution in [0, 0.1) is 5.92 Å². The fraction of sp³-hybridized carbons (Fsp3) is 0.600. The first-order chi connectivity index (χ1) is 10.3. The molecule has 21 heavy (non-hydrogen) atoms. The van der Waals surface area contributed by atoms with Gasteiger partial charge >= 0.3 is 0 Å². The molecule has 0 aliphatic carbocycles. The Morgan fingerprint density at radius 2 is 1.67 bits per heavy atom. The van der Waals surface area contributed by atoms with E-state index < -0.39 is 0 Å². The third-order valence-electron chi connectivity index (χ3n) is 4.28. The van der Waals surface area contributed by atoms with Crippen molar-refractivity contribution < 1.29 is 9.59 Å². The zero-order valence-electron chi connectivity index (χ0n) is 12.1. The summed E-state index contributed by atoms with van der Waals surface area (Å²) in [4.78, 5) is 36.4. The number of piperidine rings is 1. The number of hydrogen-bond donors (Lipinski definition) is 0. The molecule has 3 rings (SSSR count). The van der Waals surface area contributed by atoms with Gasteiger partial charge in [0.15, 0.2) is 0 Å². The van der Waals surface area contributed by atoms with E-state index in [2.05, 4.69) is 9.97 Å². The second-order valence-corrected chi connectivity index (χ2v) is 5.75. The summed E-state index contributed by atoms with van der Waals surface area (Å²) in [5.74, 6) is 0.0919. The summed E-state index contributed by atoms with van der Waals surface area (Å²) >= 11 is 0. The Morgan fingerprint density at radius 1 is 1.00 bits per heavy atom. The normalized spacial score (nSPS) is 22.4. The van der Waals surface area contributed by atoms with Crippen LogP contribution in [0.5, 0.6) is 0 Å². The maximum atomic E-state index is 12.5. The summed E-state index contributed by atoms with van der Waals surface area (Å²) in [7, 11) is 0. The van der Waals surface area contributed by atoms with Gasteiger partial charge in [0.2, 0.25) is 5.91 Å². The van der Waals surface area contributed by atoms with E-state index in [0.29, 0.717) is 18.7 Å². The Kier molecular flexibility index (Phi) is 4.13. The summed E-state index contributed by atoms with van der Waals surface area (Å²) in [6.45, 7) is 2.96. The van der Waals surface area contributed by atoms with Gasteiger partial charge in [0.05, 0.1) is 11.5 Å². The predicted octanol–water partition coefficient (Wildman–Crippen LogP) is 0.951. The molecule has 0 bridgehead atoms. The molecule has 2 saturated heterocycles. The van der Waals surface area contributed by atoms with Gasteiger partial charge in [-0.3, -0.25) is 9.59 Å². The van der Waals surface area contributed by atoms with Gasteiger partial charge in [-0.15, -0.1) is 0 Å². The van der Waals surface area contributed by atoms with Crippen LogP contribution in [0.3, 0.4) is 0 Å². The van der Waals surface area contributed by atoms with E-state index in [1.807, 2.05) is 4.90 Å². The van der Waals surface area contributed by atoms with Crippen LogP contribution < -0.4 is 0 Å². The largest absolute Gasteiger partial charge is 0.342 e. The van der Waals surface area contributed by atoms with Gasteiger partial charge in [-0.05, 0) is 25.7 Å². The lowest BCUT2D eigenvalue weighted by Crippen LogP contribution is -2.46. The van der Waals surface area contributed by atoms with Crippen LogP contribution in [-0.2, 0) is 4.79 Å². The minimum Gasteiger partial charge on any atom is -0.342 e. The molecule has 0 saturated carbocycles. The Morgan fingerprint density at radius 3 is 2.38 bits per heavy atom. The highest BCUT2D eigenvalue weighted by atomic mass is 16.2. The van der Waals surface area contributed by atoms with Crippen LogP contribution in [0.25, 0.3) is 0 Å². The third-order valence-corrected chi connectivity index (χ3v) is 4.28. The van der Waals surface area contributed by atoms with Crippen LogP contribution in [0.15, 0.2) is 18.7 Å². The van der Waals surface area contributed by atoms with Crippen molar-refractivity contribution >= 4 is 11.8 Å². The fourth-order valence-corrected chi connectivity index (χ4v) is 3.15. The van der Waals surface area contributed by atoms with Crippen molar-refractivity contribution in [2.75, 3.05) is 26.2 Å². The molecule has 0 aromatic carbocycles. The van der Waals surface area contributed by atoms with Crippen LogP contribution in [0.1, 0.15) is 36.0 Å². The molecule has 2 amide bonds. The van der Waals surface area contributed by atoms with Crippen molar-refractivity contribution in [2.45, 2.75) is 25.7 Å². The first kappa shape index (κ1) is 14.0. The average molecular weight is 288 g/mol. The van der Waals surface area contributed by atoms with Crippen molar-refractivity contribution in [1.82, 2.24) is 19.8 Å². The predicted molar refractivity (Wildman–Crippen MR) is 76.5 cm³/mol. The minimum absolute atomic E-state index is 0.0505. The van der Waals surface area contributed by atoms with E-state index in [1.165, 1.54) is 18.7 Å². The molecule has 6 nitrogen and oxygen atoms in total. The van der Waals surface area contributed by atoms with E-state index in [4.69, 9.17) is 0 Å². The molecule has 1 atom stereocenters. The number of rotatable bonds is 2. The van der Waals surface area contributed by atoms with Crippen LogP contribution in [0.4, 0.5) is 0 Å². The van der Waals surface area contributed by atoms with E-state index in [0.717, 1.165) is 38.8 Å². The number of hydrogen-bond acceptors (Lipinski definition) is 4. The maximum absolute atomic E-state index is 12.5. The topological polar surface area (TPSA) is 66.4 Å². The van der Waals surface area contributed by atoms with Gasteiger partial charge in [0, 0.05) is 38.6 Å². The van der Waals surface area contributed by atoms with Crippen molar-refractivity contribution in [3.63, 3.8) is 0 Å². The maximum Gasteiger partial charge on any atom is 0.257 e. The minimum atomic E-state index is -0.0745. The third kappa shape index (κ3) is 3.04. The molecule has 0 spiro atoms. The first-order valence-electron chi connectivity index (χ1n) is 7.59. The number of aromatic nitrogens is 2. The molecule has 2 aliphatic heterocycles. The Bertz CT molecular complexity index is 514. The summed E-state index contributed by atoms with van der Waals surface area (Å²) < 4.78 is 0. The number of nitrogens with zero attached hydrogens (tertiary/aromatic N) is 4. The molecular formula is C15H20N4O2. The number of carbonyl (C=O) groups excluding carboxylic acids is 2. The van der Waals surface area contributed by atoms with E-state index in [9.17, 15) is 9.59 Å². The van der Waals surface area contributed by atoms with Gasteiger partial charge < -0.3 is 9.80 Å². The molecule has 1 aromatic heterocycles. The number of likely N-dealkylation sites (tertiary alicyclic amines) is 2. The molecule has 1 aromatic rings. The Hall–Kier alpha value is -1.98. The van der Waals surface area contributed by atoms with Gasteiger partial charge in [0.25, 0.3) is 5.91 Å². The van der Waals surface area contributed by atoms with Crippen molar-refractivity contribution in [3.8, 4) is 0 Å². The van der Waals surface area contributed by atoms with Crippen molar-refractivity contribution in [2.24, 2.45) is 5.92 Å². The molecule has 2 fully saturated rings. The molecule has 2 aliphatic rings. The Labute approximate surface area is 124 Å². The summed E-state index contributed by atoms with van der Waals surface area (Å²) in [6, 6.07) is 0. The molecule has 0 N–H and O–H groups in total. The summed E-state index contributed by atoms with van der Waals surface area (Å²) in [6.07, 6.45) is 8.42. The lowest BCUT2D eigenvalue weighted by molar-refractivity contribution is -0.135. The monoisotopic (exact) mass is 288 g/mol.